The molecule has 0 bridgehead atoms. The summed E-state index contributed by atoms with van der Waals surface area (Å²) in [4.78, 5) is 13.3. The molecule has 0 aromatic heterocycles. The molecular formula is C17H18F5NO2. The number of hydrogen-bond acceptors (Lipinski definition) is 2. The Kier molecular flexibility index (Phi) is 5.11. The van der Waals surface area contributed by atoms with Crippen molar-refractivity contribution in [3.8, 4) is 0 Å². The summed E-state index contributed by atoms with van der Waals surface area (Å²) in [6, 6.07) is 1.58. The number of rotatable bonds is 1. The molecule has 0 atom stereocenters. The minimum atomic E-state index is -5.02. The number of benzene rings is 1. The Morgan fingerprint density at radius 1 is 1.16 bits per heavy atom. The first kappa shape index (κ1) is 19.2. The van der Waals surface area contributed by atoms with Crippen molar-refractivity contribution in [1.29, 1.82) is 0 Å². The summed E-state index contributed by atoms with van der Waals surface area (Å²) in [5.41, 5.74) is -2.50. The van der Waals surface area contributed by atoms with Gasteiger partial charge < -0.3 is 9.64 Å². The standard InChI is InChI=1S/C17H18F5NO2/c1-16(2,3)25-15(24)23-8-6-10(7-9-23)11-4-5-12(18)14(19)13(11)17(20,21)22/h4-6H,7-9H2,1-3H3. The van der Waals surface area contributed by atoms with E-state index in [1.54, 1.807) is 20.8 Å². The molecule has 138 valence electrons. The van der Waals surface area contributed by atoms with Crippen LogP contribution < -0.4 is 0 Å². The molecule has 0 unspecified atom stereocenters. The molecular weight excluding hydrogens is 345 g/mol. The van der Waals surface area contributed by atoms with Gasteiger partial charge in [-0.05, 0) is 44.4 Å². The van der Waals surface area contributed by atoms with E-state index in [2.05, 4.69) is 0 Å². The van der Waals surface area contributed by atoms with Crippen molar-refractivity contribution >= 4 is 11.7 Å². The van der Waals surface area contributed by atoms with Gasteiger partial charge in [0.15, 0.2) is 11.6 Å². The molecule has 2 rings (SSSR count). The number of nitrogens with zero attached hydrogens (tertiary/aromatic N) is 1. The molecule has 3 nitrogen and oxygen atoms in total. The van der Waals surface area contributed by atoms with Gasteiger partial charge in [0.2, 0.25) is 0 Å². The Labute approximate surface area is 142 Å². The molecule has 1 heterocycles. The lowest BCUT2D eigenvalue weighted by Crippen LogP contribution is -2.39. The van der Waals surface area contributed by atoms with Gasteiger partial charge in [-0.3, -0.25) is 0 Å². The Bertz CT molecular complexity index is 704. The highest BCUT2D eigenvalue weighted by molar-refractivity contribution is 5.74. The third kappa shape index (κ3) is 4.49. The molecule has 1 amide bonds. The predicted molar refractivity (Wildman–Crippen MR) is 81.8 cm³/mol. The Hall–Kier alpha value is -2.12. The maximum absolute atomic E-state index is 13.7. The number of hydrogen-bond donors (Lipinski definition) is 0. The summed E-state index contributed by atoms with van der Waals surface area (Å²) in [6.07, 6.45) is -4.13. The fourth-order valence-electron chi connectivity index (χ4n) is 2.50. The first-order chi connectivity index (χ1) is 11.4. The number of carbonyl (C=O) groups excluding carboxylic acids is 1. The molecule has 0 radical (unpaired) electrons. The van der Waals surface area contributed by atoms with Crippen molar-refractivity contribution in [2.75, 3.05) is 13.1 Å². The van der Waals surface area contributed by atoms with Gasteiger partial charge in [0.25, 0.3) is 0 Å². The van der Waals surface area contributed by atoms with Crippen LogP contribution in [0.15, 0.2) is 18.2 Å². The third-order valence-electron chi connectivity index (χ3n) is 3.59. The van der Waals surface area contributed by atoms with Gasteiger partial charge in [-0.25, -0.2) is 13.6 Å². The molecule has 1 aliphatic rings. The normalized spacial score (nSPS) is 15.8. The van der Waals surface area contributed by atoms with Crippen LogP contribution in [0.5, 0.6) is 0 Å². The van der Waals surface area contributed by atoms with E-state index in [1.165, 1.54) is 11.0 Å². The lowest BCUT2D eigenvalue weighted by atomic mass is 9.94. The second-order valence-corrected chi connectivity index (χ2v) is 6.69. The van der Waals surface area contributed by atoms with Crippen molar-refractivity contribution in [3.05, 3.63) is 41.0 Å². The first-order valence-electron chi connectivity index (χ1n) is 7.62. The molecule has 1 aromatic rings. The molecule has 0 spiro atoms. The van der Waals surface area contributed by atoms with E-state index >= 15 is 0 Å². The summed E-state index contributed by atoms with van der Waals surface area (Å²) in [7, 11) is 0. The fraction of sp³-hybridized carbons (Fsp3) is 0.471. The maximum atomic E-state index is 13.7. The highest BCUT2D eigenvalue weighted by Gasteiger charge is 2.39. The van der Waals surface area contributed by atoms with Crippen molar-refractivity contribution in [1.82, 2.24) is 4.90 Å². The zero-order valence-electron chi connectivity index (χ0n) is 14.0. The van der Waals surface area contributed by atoms with Gasteiger partial charge in [-0.2, -0.15) is 13.2 Å². The van der Waals surface area contributed by atoms with Gasteiger partial charge in [0.1, 0.15) is 11.2 Å². The van der Waals surface area contributed by atoms with Gasteiger partial charge in [-0.15, -0.1) is 0 Å². The Balaban J connectivity index is 2.28. The van der Waals surface area contributed by atoms with Crippen LogP contribution in [0.2, 0.25) is 0 Å². The first-order valence-corrected chi connectivity index (χ1v) is 7.62. The van der Waals surface area contributed by atoms with E-state index in [0.717, 1.165) is 6.07 Å². The van der Waals surface area contributed by atoms with E-state index in [9.17, 15) is 26.7 Å². The number of alkyl halides is 3. The van der Waals surface area contributed by atoms with E-state index in [4.69, 9.17) is 4.74 Å². The van der Waals surface area contributed by atoms with Crippen LogP contribution in [-0.4, -0.2) is 29.7 Å². The van der Waals surface area contributed by atoms with Crippen molar-refractivity contribution < 1.29 is 31.5 Å². The number of halogens is 5. The molecule has 0 fully saturated rings. The molecule has 0 saturated heterocycles. The zero-order valence-corrected chi connectivity index (χ0v) is 14.0. The molecule has 1 aliphatic heterocycles. The van der Waals surface area contributed by atoms with Crippen LogP contribution >= 0.6 is 0 Å². The Morgan fingerprint density at radius 2 is 1.80 bits per heavy atom. The zero-order chi connectivity index (χ0) is 19.0. The van der Waals surface area contributed by atoms with Crippen molar-refractivity contribution in [3.63, 3.8) is 0 Å². The average molecular weight is 363 g/mol. The molecule has 0 saturated carbocycles. The topological polar surface area (TPSA) is 29.5 Å². The largest absolute Gasteiger partial charge is 0.444 e. The smallest absolute Gasteiger partial charge is 0.419 e. The third-order valence-corrected chi connectivity index (χ3v) is 3.59. The van der Waals surface area contributed by atoms with Gasteiger partial charge in [-0.1, -0.05) is 12.1 Å². The second kappa shape index (κ2) is 6.65. The second-order valence-electron chi connectivity index (χ2n) is 6.69. The quantitative estimate of drug-likeness (QED) is 0.657. The molecule has 25 heavy (non-hydrogen) atoms. The maximum Gasteiger partial charge on any atom is 0.419 e. The summed E-state index contributed by atoms with van der Waals surface area (Å²) < 4.78 is 71.5. The SMILES string of the molecule is CC(C)(C)OC(=O)N1CC=C(c2ccc(F)c(F)c2C(F)(F)F)CC1. The van der Waals surface area contributed by atoms with Gasteiger partial charge in [0, 0.05) is 13.1 Å². The monoisotopic (exact) mass is 363 g/mol. The minimum absolute atomic E-state index is 0.0283. The van der Waals surface area contributed by atoms with Gasteiger partial charge >= 0.3 is 12.3 Å². The Morgan fingerprint density at radius 3 is 2.28 bits per heavy atom. The lowest BCUT2D eigenvalue weighted by molar-refractivity contribution is -0.140. The van der Waals surface area contributed by atoms with E-state index in [1.807, 2.05) is 0 Å². The molecule has 1 aromatic carbocycles. The van der Waals surface area contributed by atoms with E-state index in [-0.39, 0.29) is 25.1 Å². The number of carbonyl (C=O) groups is 1. The number of amides is 1. The summed E-state index contributed by atoms with van der Waals surface area (Å²) in [5.74, 6) is -3.47. The van der Waals surface area contributed by atoms with Crippen molar-refractivity contribution in [2.24, 2.45) is 0 Å². The minimum Gasteiger partial charge on any atom is -0.444 e. The van der Waals surface area contributed by atoms with Crippen LogP contribution in [0.25, 0.3) is 5.57 Å². The van der Waals surface area contributed by atoms with Crippen LogP contribution in [-0.2, 0) is 10.9 Å². The summed E-state index contributed by atoms with van der Waals surface area (Å²) in [5, 5.41) is 0. The fourth-order valence-corrected chi connectivity index (χ4v) is 2.50. The summed E-state index contributed by atoms with van der Waals surface area (Å²) in [6.45, 7) is 5.25. The average Bonchev–Trinajstić information content (AvgIpc) is 2.47. The molecule has 8 heteroatoms. The predicted octanol–water partition coefficient (Wildman–Crippen LogP) is 5.01. The van der Waals surface area contributed by atoms with Crippen LogP contribution in [0.3, 0.4) is 0 Å². The van der Waals surface area contributed by atoms with Crippen LogP contribution in [0.1, 0.15) is 38.3 Å². The highest BCUT2D eigenvalue weighted by atomic mass is 19.4. The van der Waals surface area contributed by atoms with E-state index < -0.39 is 40.6 Å². The summed E-state index contributed by atoms with van der Waals surface area (Å²) >= 11 is 0. The molecule has 0 N–H and O–H groups in total. The highest BCUT2D eigenvalue weighted by Crippen LogP contribution is 2.39. The van der Waals surface area contributed by atoms with Crippen molar-refractivity contribution in [2.45, 2.75) is 39.0 Å². The lowest BCUT2D eigenvalue weighted by Gasteiger charge is -2.30. The van der Waals surface area contributed by atoms with E-state index in [0.29, 0.717) is 6.07 Å². The number of ether oxygens (including phenoxy) is 1. The molecule has 0 aliphatic carbocycles. The van der Waals surface area contributed by atoms with Crippen LogP contribution in [0, 0.1) is 11.6 Å². The van der Waals surface area contributed by atoms with Gasteiger partial charge in [0.05, 0.1) is 0 Å². The van der Waals surface area contributed by atoms with Crippen LogP contribution in [0.4, 0.5) is 26.7 Å².